The number of furan rings is 1. The molecule has 1 aromatic carbocycles. The fraction of sp³-hybridized carbons (Fsp3) is 0.208. The van der Waals surface area contributed by atoms with Crippen molar-refractivity contribution in [3.05, 3.63) is 71.9 Å². The van der Waals surface area contributed by atoms with Crippen molar-refractivity contribution in [2.24, 2.45) is 0 Å². The van der Waals surface area contributed by atoms with Gasteiger partial charge in [0.05, 0.1) is 25.1 Å². The van der Waals surface area contributed by atoms with E-state index in [4.69, 9.17) is 9.15 Å². The number of nitrogens with zero attached hydrogens (tertiary/aromatic N) is 3. The zero-order chi connectivity index (χ0) is 20.8. The number of pyridine rings is 1. The number of nitrogens with one attached hydrogen (secondary N) is 1. The second kappa shape index (κ2) is 7.21. The van der Waals surface area contributed by atoms with Gasteiger partial charge in [-0.3, -0.25) is 14.9 Å². The Bertz CT molecular complexity index is 1270. The average Bonchev–Trinajstić information content (AvgIpc) is 3.54. The molecule has 0 saturated carbocycles. The van der Waals surface area contributed by atoms with Gasteiger partial charge in [0.2, 0.25) is 0 Å². The molecule has 6 rings (SSSR count). The number of aromatic nitrogens is 3. The largest absolute Gasteiger partial charge is 0.450 e. The van der Waals surface area contributed by atoms with Crippen LogP contribution >= 0.6 is 0 Å². The molecule has 0 unspecified atom stereocenters. The minimum atomic E-state index is -0.105. The molecule has 7 nitrogen and oxygen atoms in total. The molecule has 0 atom stereocenters. The standard InChI is InChI=1S/C24H20N4O3/c29-24(28-7-9-30-10-8-28)21-13-20(23(31-21)15-3-5-25-6-4-15)16-1-2-19-17(11-16)12-18-14-26-27-22(18)19/h1-6,11,13-14H,7-10,12H2,(H,26,27). The first kappa shape index (κ1) is 18.1. The summed E-state index contributed by atoms with van der Waals surface area (Å²) in [6.45, 7) is 2.25. The number of fused-ring (bicyclic) bond motifs is 3. The van der Waals surface area contributed by atoms with E-state index >= 15 is 0 Å². The molecule has 1 aliphatic carbocycles. The van der Waals surface area contributed by atoms with Gasteiger partial charge in [-0.05, 0) is 29.3 Å². The number of carbonyl (C=O) groups excluding carboxylic acids is 1. The Labute approximate surface area is 178 Å². The maximum Gasteiger partial charge on any atom is 0.289 e. The van der Waals surface area contributed by atoms with E-state index in [1.54, 1.807) is 17.3 Å². The van der Waals surface area contributed by atoms with Gasteiger partial charge in [0, 0.05) is 54.2 Å². The number of ether oxygens (including phenoxy) is 1. The number of benzene rings is 1. The highest BCUT2D eigenvalue weighted by molar-refractivity contribution is 5.95. The average molecular weight is 412 g/mol. The lowest BCUT2D eigenvalue weighted by atomic mass is 9.98. The number of rotatable bonds is 3. The van der Waals surface area contributed by atoms with Crippen molar-refractivity contribution in [3.63, 3.8) is 0 Å². The van der Waals surface area contributed by atoms with Gasteiger partial charge >= 0.3 is 0 Å². The number of aromatic amines is 1. The van der Waals surface area contributed by atoms with Crippen molar-refractivity contribution in [1.82, 2.24) is 20.1 Å². The van der Waals surface area contributed by atoms with Crippen LogP contribution in [0.15, 0.2) is 59.4 Å². The van der Waals surface area contributed by atoms with Crippen LogP contribution in [-0.2, 0) is 11.2 Å². The van der Waals surface area contributed by atoms with Crippen molar-refractivity contribution in [1.29, 1.82) is 0 Å². The summed E-state index contributed by atoms with van der Waals surface area (Å²) in [5, 5.41) is 7.24. The van der Waals surface area contributed by atoms with Crippen molar-refractivity contribution in [2.45, 2.75) is 6.42 Å². The van der Waals surface area contributed by atoms with E-state index in [1.807, 2.05) is 24.4 Å². The first-order valence-electron chi connectivity index (χ1n) is 10.3. The van der Waals surface area contributed by atoms with Crippen LogP contribution in [0.3, 0.4) is 0 Å². The Morgan fingerprint density at radius 1 is 0.968 bits per heavy atom. The van der Waals surface area contributed by atoms with E-state index in [1.165, 1.54) is 16.7 Å². The minimum absolute atomic E-state index is 0.105. The van der Waals surface area contributed by atoms with Gasteiger partial charge in [-0.25, -0.2) is 0 Å². The smallest absolute Gasteiger partial charge is 0.289 e. The van der Waals surface area contributed by atoms with E-state index in [0.717, 1.165) is 28.8 Å². The van der Waals surface area contributed by atoms with E-state index in [0.29, 0.717) is 37.8 Å². The molecule has 7 heteroatoms. The van der Waals surface area contributed by atoms with Gasteiger partial charge in [-0.2, -0.15) is 5.10 Å². The van der Waals surface area contributed by atoms with E-state index in [9.17, 15) is 4.79 Å². The number of hydrogen-bond acceptors (Lipinski definition) is 5. The van der Waals surface area contributed by atoms with Gasteiger partial charge in [-0.1, -0.05) is 18.2 Å². The van der Waals surface area contributed by atoms with Crippen LogP contribution in [0, 0.1) is 0 Å². The molecule has 1 aliphatic heterocycles. The molecule has 0 bridgehead atoms. The summed E-state index contributed by atoms with van der Waals surface area (Å²) in [6, 6.07) is 12.0. The van der Waals surface area contributed by atoms with Crippen LogP contribution in [0.2, 0.25) is 0 Å². The fourth-order valence-electron chi connectivity index (χ4n) is 4.39. The third-order valence-corrected chi connectivity index (χ3v) is 5.97. The number of H-pyrrole nitrogens is 1. The van der Waals surface area contributed by atoms with E-state index in [2.05, 4.69) is 33.4 Å². The monoisotopic (exact) mass is 412 g/mol. The summed E-state index contributed by atoms with van der Waals surface area (Å²) >= 11 is 0. The number of morpholine rings is 1. The fourth-order valence-corrected chi connectivity index (χ4v) is 4.39. The van der Waals surface area contributed by atoms with Crippen molar-refractivity contribution in [2.75, 3.05) is 26.3 Å². The van der Waals surface area contributed by atoms with Crippen molar-refractivity contribution >= 4 is 5.91 Å². The highest BCUT2D eigenvalue weighted by Gasteiger charge is 2.26. The molecule has 154 valence electrons. The molecule has 3 aromatic heterocycles. The summed E-state index contributed by atoms with van der Waals surface area (Å²) in [5.74, 6) is 0.919. The van der Waals surface area contributed by atoms with E-state index in [-0.39, 0.29) is 5.91 Å². The molecule has 4 heterocycles. The second-order valence-electron chi connectivity index (χ2n) is 7.81. The Balaban J connectivity index is 1.44. The summed E-state index contributed by atoms with van der Waals surface area (Å²) < 4.78 is 11.5. The SMILES string of the molecule is O=C(c1cc(-c2ccc3c(c2)Cc2cn[nH]c2-3)c(-c2ccncc2)o1)N1CCOCC1. The number of amides is 1. The molecule has 1 fully saturated rings. The number of carbonyl (C=O) groups is 1. The molecule has 31 heavy (non-hydrogen) atoms. The van der Waals surface area contributed by atoms with Gasteiger partial charge in [0.1, 0.15) is 5.76 Å². The summed E-state index contributed by atoms with van der Waals surface area (Å²) in [6.07, 6.45) is 6.19. The molecule has 1 N–H and O–H groups in total. The second-order valence-corrected chi connectivity index (χ2v) is 7.81. The first-order chi connectivity index (χ1) is 15.3. The van der Waals surface area contributed by atoms with Crippen LogP contribution in [-0.4, -0.2) is 52.3 Å². The van der Waals surface area contributed by atoms with Gasteiger partial charge in [0.15, 0.2) is 5.76 Å². The molecule has 0 spiro atoms. The molecular weight excluding hydrogens is 392 g/mol. The van der Waals surface area contributed by atoms with Gasteiger partial charge < -0.3 is 14.1 Å². The molecule has 2 aliphatic rings. The predicted octanol–water partition coefficient (Wildman–Crippen LogP) is 3.78. The lowest BCUT2D eigenvalue weighted by Gasteiger charge is -2.25. The van der Waals surface area contributed by atoms with Crippen LogP contribution in [0.1, 0.15) is 21.7 Å². The highest BCUT2D eigenvalue weighted by atomic mass is 16.5. The van der Waals surface area contributed by atoms with Crippen LogP contribution in [0.4, 0.5) is 0 Å². The molecular formula is C24H20N4O3. The number of hydrogen-bond donors (Lipinski definition) is 1. The summed E-state index contributed by atoms with van der Waals surface area (Å²) in [4.78, 5) is 19.0. The lowest BCUT2D eigenvalue weighted by Crippen LogP contribution is -2.40. The third kappa shape index (κ3) is 3.05. The minimum Gasteiger partial charge on any atom is -0.450 e. The molecule has 1 saturated heterocycles. The molecule has 0 radical (unpaired) electrons. The predicted molar refractivity (Wildman–Crippen MR) is 114 cm³/mol. The van der Waals surface area contributed by atoms with Gasteiger partial charge in [0.25, 0.3) is 5.91 Å². The van der Waals surface area contributed by atoms with E-state index < -0.39 is 0 Å². The van der Waals surface area contributed by atoms with Crippen LogP contribution < -0.4 is 0 Å². The first-order valence-corrected chi connectivity index (χ1v) is 10.3. The topological polar surface area (TPSA) is 84.2 Å². The normalized spacial score (nSPS) is 15.0. The Kier molecular flexibility index (Phi) is 4.21. The lowest BCUT2D eigenvalue weighted by molar-refractivity contribution is 0.0283. The highest BCUT2D eigenvalue weighted by Crippen LogP contribution is 2.40. The zero-order valence-electron chi connectivity index (χ0n) is 16.8. The summed E-state index contributed by atoms with van der Waals surface area (Å²) in [7, 11) is 0. The zero-order valence-corrected chi connectivity index (χ0v) is 16.8. The van der Waals surface area contributed by atoms with Crippen molar-refractivity contribution < 1.29 is 13.9 Å². The molecule has 4 aromatic rings. The molecule has 1 amide bonds. The Hall–Kier alpha value is -3.71. The maximum atomic E-state index is 13.1. The third-order valence-electron chi connectivity index (χ3n) is 5.97. The Morgan fingerprint density at radius 2 is 1.81 bits per heavy atom. The Morgan fingerprint density at radius 3 is 2.65 bits per heavy atom. The van der Waals surface area contributed by atoms with Crippen LogP contribution in [0.25, 0.3) is 33.7 Å². The van der Waals surface area contributed by atoms with Gasteiger partial charge in [-0.15, -0.1) is 0 Å². The van der Waals surface area contributed by atoms with Crippen molar-refractivity contribution in [3.8, 4) is 33.7 Å². The maximum absolute atomic E-state index is 13.1. The quantitative estimate of drug-likeness (QED) is 0.488. The van der Waals surface area contributed by atoms with Crippen LogP contribution in [0.5, 0.6) is 0 Å². The summed E-state index contributed by atoms with van der Waals surface area (Å²) in [5.41, 5.74) is 7.52.